The highest BCUT2D eigenvalue weighted by Gasteiger charge is 2.16. The molecule has 0 bridgehead atoms. The molecular formula is C14H14FNO. The molecule has 0 fully saturated rings. The summed E-state index contributed by atoms with van der Waals surface area (Å²) in [4.78, 5) is 3.96. The second kappa shape index (κ2) is 4.63. The quantitative estimate of drug-likeness (QED) is 0.862. The van der Waals surface area contributed by atoms with Crippen LogP contribution in [0.5, 0.6) is 0 Å². The average molecular weight is 231 g/mol. The summed E-state index contributed by atoms with van der Waals surface area (Å²) in [7, 11) is 0. The molecule has 1 N–H and O–H groups in total. The van der Waals surface area contributed by atoms with E-state index in [-0.39, 0.29) is 0 Å². The van der Waals surface area contributed by atoms with E-state index in [1.807, 2.05) is 13.8 Å². The molecule has 1 aromatic carbocycles. The van der Waals surface area contributed by atoms with Crippen molar-refractivity contribution in [1.29, 1.82) is 0 Å². The van der Waals surface area contributed by atoms with Gasteiger partial charge in [-0.1, -0.05) is 17.7 Å². The minimum atomic E-state index is -0.969. The fourth-order valence-corrected chi connectivity index (χ4v) is 1.80. The molecule has 0 saturated carbocycles. The molecule has 0 aliphatic rings. The van der Waals surface area contributed by atoms with Gasteiger partial charge in [-0.05, 0) is 31.5 Å². The van der Waals surface area contributed by atoms with Crippen molar-refractivity contribution in [2.75, 3.05) is 0 Å². The zero-order valence-corrected chi connectivity index (χ0v) is 9.81. The van der Waals surface area contributed by atoms with E-state index in [1.165, 1.54) is 6.07 Å². The van der Waals surface area contributed by atoms with E-state index >= 15 is 0 Å². The maximum absolute atomic E-state index is 13.7. The van der Waals surface area contributed by atoms with Crippen LogP contribution in [0.4, 0.5) is 4.39 Å². The van der Waals surface area contributed by atoms with Crippen LogP contribution in [0, 0.1) is 19.7 Å². The van der Waals surface area contributed by atoms with Gasteiger partial charge in [0.1, 0.15) is 11.9 Å². The maximum Gasteiger partial charge on any atom is 0.129 e. The Morgan fingerprint density at radius 3 is 2.65 bits per heavy atom. The number of aliphatic hydroxyl groups is 1. The van der Waals surface area contributed by atoms with Gasteiger partial charge in [0.2, 0.25) is 0 Å². The van der Waals surface area contributed by atoms with Gasteiger partial charge < -0.3 is 5.11 Å². The molecule has 1 unspecified atom stereocenters. The highest BCUT2D eigenvalue weighted by Crippen LogP contribution is 2.26. The highest BCUT2D eigenvalue weighted by molar-refractivity contribution is 5.35. The van der Waals surface area contributed by atoms with Gasteiger partial charge in [-0.2, -0.15) is 0 Å². The van der Waals surface area contributed by atoms with E-state index in [0.717, 1.165) is 11.1 Å². The first kappa shape index (κ1) is 11.7. The normalized spacial score (nSPS) is 12.5. The van der Waals surface area contributed by atoms with Crippen molar-refractivity contribution >= 4 is 0 Å². The molecule has 0 amide bonds. The first-order valence-corrected chi connectivity index (χ1v) is 5.44. The van der Waals surface area contributed by atoms with Crippen LogP contribution in [-0.2, 0) is 0 Å². The lowest BCUT2D eigenvalue weighted by Gasteiger charge is -2.14. The minimum absolute atomic E-state index is 0.293. The van der Waals surface area contributed by atoms with Gasteiger partial charge in [-0.25, -0.2) is 4.39 Å². The molecule has 17 heavy (non-hydrogen) atoms. The Labute approximate surface area is 99.8 Å². The highest BCUT2D eigenvalue weighted by atomic mass is 19.1. The number of benzene rings is 1. The van der Waals surface area contributed by atoms with Gasteiger partial charge in [-0.3, -0.25) is 4.98 Å². The molecular weight excluding hydrogens is 217 g/mol. The third-order valence-electron chi connectivity index (χ3n) is 2.82. The van der Waals surface area contributed by atoms with Gasteiger partial charge in [0.25, 0.3) is 0 Å². The summed E-state index contributed by atoms with van der Waals surface area (Å²) >= 11 is 0. The number of hydrogen-bond donors (Lipinski definition) is 1. The molecule has 88 valence electrons. The van der Waals surface area contributed by atoms with Crippen LogP contribution in [0.15, 0.2) is 36.7 Å². The maximum atomic E-state index is 13.7. The van der Waals surface area contributed by atoms with Crippen molar-refractivity contribution in [3.63, 3.8) is 0 Å². The summed E-state index contributed by atoms with van der Waals surface area (Å²) in [5, 5.41) is 10.2. The van der Waals surface area contributed by atoms with E-state index in [1.54, 1.807) is 30.6 Å². The van der Waals surface area contributed by atoms with Crippen LogP contribution in [0.25, 0.3) is 0 Å². The number of hydrogen-bond acceptors (Lipinski definition) is 2. The van der Waals surface area contributed by atoms with Crippen LogP contribution in [0.3, 0.4) is 0 Å². The molecule has 1 atom stereocenters. The Morgan fingerprint density at radius 1 is 1.18 bits per heavy atom. The lowest BCUT2D eigenvalue weighted by Crippen LogP contribution is -2.05. The second-order valence-corrected chi connectivity index (χ2v) is 4.16. The molecule has 0 radical (unpaired) electrons. The zero-order chi connectivity index (χ0) is 12.4. The smallest absolute Gasteiger partial charge is 0.129 e. The third kappa shape index (κ3) is 2.34. The SMILES string of the molecule is Cc1ccc(F)c(C(O)c2cnccc2C)c1. The van der Waals surface area contributed by atoms with Crippen molar-refractivity contribution in [2.45, 2.75) is 20.0 Å². The van der Waals surface area contributed by atoms with E-state index in [0.29, 0.717) is 11.1 Å². The van der Waals surface area contributed by atoms with Crippen LogP contribution < -0.4 is 0 Å². The number of aryl methyl sites for hydroxylation is 2. The third-order valence-corrected chi connectivity index (χ3v) is 2.82. The molecule has 0 saturated heterocycles. The fourth-order valence-electron chi connectivity index (χ4n) is 1.80. The summed E-state index contributed by atoms with van der Waals surface area (Å²) in [5.74, 6) is -0.397. The first-order valence-electron chi connectivity index (χ1n) is 5.44. The zero-order valence-electron chi connectivity index (χ0n) is 9.81. The summed E-state index contributed by atoms with van der Waals surface area (Å²) in [6.45, 7) is 3.74. The average Bonchev–Trinajstić information content (AvgIpc) is 2.32. The Bertz CT molecular complexity index is 539. The fraction of sp³-hybridized carbons (Fsp3) is 0.214. The van der Waals surface area contributed by atoms with Crippen molar-refractivity contribution in [2.24, 2.45) is 0 Å². The van der Waals surface area contributed by atoms with Crippen LogP contribution >= 0.6 is 0 Å². The molecule has 3 heteroatoms. The number of halogens is 1. The predicted octanol–water partition coefficient (Wildman–Crippen LogP) is 2.92. The number of aromatic nitrogens is 1. The first-order chi connectivity index (χ1) is 8.09. The summed E-state index contributed by atoms with van der Waals surface area (Å²) in [5.41, 5.74) is 2.74. The molecule has 0 aliphatic carbocycles. The Morgan fingerprint density at radius 2 is 1.94 bits per heavy atom. The topological polar surface area (TPSA) is 33.1 Å². The van der Waals surface area contributed by atoms with Gasteiger partial charge in [0, 0.05) is 23.5 Å². The lowest BCUT2D eigenvalue weighted by atomic mass is 9.98. The van der Waals surface area contributed by atoms with Gasteiger partial charge in [0.15, 0.2) is 0 Å². The second-order valence-electron chi connectivity index (χ2n) is 4.16. The van der Waals surface area contributed by atoms with E-state index in [2.05, 4.69) is 4.98 Å². The molecule has 1 heterocycles. The van der Waals surface area contributed by atoms with Crippen molar-refractivity contribution in [3.05, 3.63) is 64.7 Å². The molecule has 2 nitrogen and oxygen atoms in total. The lowest BCUT2D eigenvalue weighted by molar-refractivity contribution is 0.213. The van der Waals surface area contributed by atoms with Gasteiger partial charge in [0.05, 0.1) is 0 Å². The minimum Gasteiger partial charge on any atom is -0.383 e. The number of rotatable bonds is 2. The Kier molecular flexibility index (Phi) is 3.20. The van der Waals surface area contributed by atoms with Gasteiger partial charge >= 0.3 is 0 Å². The largest absolute Gasteiger partial charge is 0.383 e. The van der Waals surface area contributed by atoms with Crippen molar-refractivity contribution in [3.8, 4) is 0 Å². The standard InChI is InChI=1S/C14H14FNO/c1-9-3-4-13(15)11(7-9)14(17)12-8-16-6-5-10(12)2/h3-8,14,17H,1-2H3. The summed E-state index contributed by atoms with van der Waals surface area (Å²) in [6, 6.07) is 6.51. The number of nitrogens with zero attached hydrogens (tertiary/aromatic N) is 1. The summed E-state index contributed by atoms with van der Waals surface area (Å²) < 4.78 is 13.7. The molecule has 0 aliphatic heterocycles. The molecule has 0 spiro atoms. The van der Waals surface area contributed by atoms with Crippen molar-refractivity contribution < 1.29 is 9.50 Å². The predicted molar refractivity (Wildman–Crippen MR) is 64.2 cm³/mol. The van der Waals surface area contributed by atoms with Crippen LogP contribution in [0.1, 0.15) is 28.4 Å². The van der Waals surface area contributed by atoms with Crippen LogP contribution in [0.2, 0.25) is 0 Å². The number of pyridine rings is 1. The van der Waals surface area contributed by atoms with E-state index in [9.17, 15) is 9.50 Å². The van der Waals surface area contributed by atoms with Gasteiger partial charge in [-0.15, -0.1) is 0 Å². The summed E-state index contributed by atoms with van der Waals surface area (Å²) in [6.07, 6.45) is 2.25. The molecule has 2 rings (SSSR count). The molecule has 2 aromatic rings. The van der Waals surface area contributed by atoms with Crippen LogP contribution in [-0.4, -0.2) is 10.1 Å². The molecule has 1 aromatic heterocycles. The Balaban J connectivity index is 2.47. The monoisotopic (exact) mass is 231 g/mol. The number of aliphatic hydroxyl groups excluding tert-OH is 1. The van der Waals surface area contributed by atoms with E-state index < -0.39 is 11.9 Å². The van der Waals surface area contributed by atoms with Crippen molar-refractivity contribution in [1.82, 2.24) is 4.98 Å². The Hall–Kier alpha value is -1.74. The van der Waals surface area contributed by atoms with E-state index in [4.69, 9.17) is 0 Å².